The van der Waals surface area contributed by atoms with Crippen LogP contribution in [0.4, 0.5) is 0 Å². The predicted molar refractivity (Wildman–Crippen MR) is 139 cm³/mol. The third kappa shape index (κ3) is 6.38. The molecule has 0 bridgehead atoms. The Morgan fingerprint density at radius 1 is 0.794 bits per heavy atom. The topological polar surface area (TPSA) is 70.2 Å². The molecule has 3 N–H and O–H groups in total. The first-order valence-corrected chi connectivity index (χ1v) is 13.0. The minimum Gasteiger partial charge on any atom is -0.349 e. The van der Waals surface area contributed by atoms with E-state index in [0.29, 0.717) is 11.6 Å². The van der Waals surface area contributed by atoms with Crippen LogP contribution in [0.3, 0.4) is 0 Å². The second kappa shape index (κ2) is 10.1. The molecule has 1 aromatic rings. The Balaban J connectivity index is 1.35. The Morgan fingerprint density at radius 2 is 1.41 bits per heavy atom. The Bertz CT molecular complexity index is 950. The molecule has 1 heterocycles. The zero-order valence-electron chi connectivity index (χ0n) is 21.3. The van der Waals surface area contributed by atoms with Crippen molar-refractivity contribution in [3.63, 3.8) is 0 Å². The van der Waals surface area contributed by atoms with Gasteiger partial charge in [0, 0.05) is 34.3 Å². The number of carbonyl (C=O) groups is 2. The van der Waals surface area contributed by atoms with Gasteiger partial charge in [-0.25, -0.2) is 0 Å². The van der Waals surface area contributed by atoms with Crippen molar-refractivity contribution in [2.75, 3.05) is 0 Å². The van der Waals surface area contributed by atoms with Crippen molar-refractivity contribution < 1.29 is 9.59 Å². The number of nitrogens with one attached hydrogen (secondary N) is 3. The predicted octanol–water partition coefficient (Wildman–Crippen LogP) is 5.28. The molecule has 184 valence electrons. The molecule has 2 amide bonds. The fourth-order valence-corrected chi connectivity index (χ4v) is 6.12. The van der Waals surface area contributed by atoms with Gasteiger partial charge in [0.05, 0.1) is 0 Å². The zero-order chi connectivity index (χ0) is 24.3. The van der Waals surface area contributed by atoms with Gasteiger partial charge >= 0.3 is 0 Å². The van der Waals surface area contributed by atoms with Gasteiger partial charge in [0.15, 0.2) is 0 Å². The lowest BCUT2D eigenvalue weighted by Gasteiger charge is -2.46. The van der Waals surface area contributed by atoms with Gasteiger partial charge in [-0.15, -0.1) is 0 Å². The highest BCUT2D eigenvalue weighted by Crippen LogP contribution is 2.30. The molecule has 0 spiro atoms. The van der Waals surface area contributed by atoms with Gasteiger partial charge in [-0.1, -0.05) is 43.5 Å². The minimum atomic E-state index is 0.00713. The van der Waals surface area contributed by atoms with E-state index in [1.165, 1.54) is 24.8 Å². The van der Waals surface area contributed by atoms with E-state index in [0.717, 1.165) is 49.7 Å². The molecule has 34 heavy (non-hydrogen) atoms. The summed E-state index contributed by atoms with van der Waals surface area (Å²) >= 11 is 0. The summed E-state index contributed by atoms with van der Waals surface area (Å²) in [5, 5.41) is 10.1. The highest BCUT2D eigenvalue weighted by Gasteiger charge is 2.38. The van der Waals surface area contributed by atoms with Crippen LogP contribution in [-0.4, -0.2) is 35.0 Å². The largest absolute Gasteiger partial charge is 0.349 e. The number of hydrogen-bond donors (Lipinski definition) is 3. The van der Waals surface area contributed by atoms with E-state index in [2.05, 4.69) is 49.7 Å². The third-order valence-corrected chi connectivity index (χ3v) is 7.42. The van der Waals surface area contributed by atoms with Crippen molar-refractivity contribution in [3.8, 4) is 0 Å². The summed E-state index contributed by atoms with van der Waals surface area (Å²) in [5.74, 6) is 0.0859. The summed E-state index contributed by atoms with van der Waals surface area (Å²) in [6.45, 7) is 8.80. The summed E-state index contributed by atoms with van der Waals surface area (Å²) < 4.78 is 0. The maximum absolute atomic E-state index is 12.9. The molecule has 1 aliphatic heterocycles. The molecular formula is C29H41N3O2. The van der Waals surface area contributed by atoms with Crippen LogP contribution < -0.4 is 16.0 Å². The SMILES string of the molecule is CC1(C)CC(NC(=O)C2=CC=C(c3ccc(C(=O)NC4CCCCC4)cc3)CC2)CC(C)(C)N1. The average molecular weight is 464 g/mol. The first-order chi connectivity index (χ1) is 16.1. The maximum atomic E-state index is 12.9. The summed E-state index contributed by atoms with van der Waals surface area (Å²) in [7, 11) is 0. The minimum absolute atomic E-state index is 0.00713. The molecule has 1 saturated heterocycles. The van der Waals surface area contributed by atoms with E-state index >= 15 is 0 Å². The monoisotopic (exact) mass is 463 g/mol. The van der Waals surface area contributed by atoms with E-state index in [1.807, 2.05) is 30.3 Å². The molecule has 1 saturated carbocycles. The summed E-state index contributed by atoms with van der Waals surface area (Å²) in [6, 6.07) is 8.39. The first kappa shape index (κ1) is 24.7. The normalized spacial score (nSPS) is 22.9. The second-order valence-electron chi connectivity index (χ2n) is 11.7. The average Bonchev–Trinajstić information content (AvgIpc) is 2.78. The number of hydrogen-bond acceptors (Lipinski definition) is 3. The van der Waals surface area contributed by atoms with Gasteiger partial charge in [0.25, 0.3) is 5.91 Å². The van der Waals surface area contributed by atoms with Gasteiger partial charge < -0.3 is 16.0 Å². The van der Waals surface area contributed by atoms with Gasteiger partial charge in [-0.2, -0.15) is 0 Å². The summed E-state index contributed by atoms with van der Waals surface area (Å²) in [5.41, 5.74) is 3.91. The highest BCUT2D eigenvalue weighted by atomic mass is 16.2. The molecule has 3 aliphatic rings. The van der Waals surface area contributed by atoms with Crippen molar-refractivity contribution in [1.29, 1.82) is 0 Å². The van der Waals surface area contributed by atoms with Crippen molar-refractivity contribution in [3.05, 3.63) is 53.1 Å². The second-order valence-corrected chi connectivity index (χ2v) is 11.7. The summed E-state index contributed by atoms with van der Waals surface area (Å²) in [4.78, 5) is 25.5. The van der Waals surface area contributed by atoms with E-state index in [-0.39, 0.29) is 28.9 Å². The molecule has 5 heteroatoms. The van der Waals surface area contributed by atoms with Gasteiger partial charge in [0.2, 0.25) is 5.91 Å². The lowest BCUT2D eigenvalue weighted by molar-refractivity contribution is -0.118. The molecule has 0 aromatic heterocycles. The summed E-state index contributed by atoms with van der Waals surface area (Å²) in [6.07, 6.45) is 13.3. The Hall–Kier alpha value is -2.40. The Labute approximate surface area is 204 Å². The van der Waals surface area contributed by atoms with Crippen LogP contribution in [-0.2, 0) is 4.79 Å². The van der Waals surface area contributed by atoms with Crippen molar-refractivity contribution >= 4 is 17.4 Å². The molecule has 0 unspecified atom stereocenters. The van der Waals surface area contributed by atoms with Gasteiger partial charge in [-0.05, 0) is 89.5 Å². The fourth-order valence-electron chi connectivity index (χ4n) is 6.12. The Morgan fingerprint density at radius 3 is 2.00 bits per heavy atom. The Kier molecular flexibility index (Phi) is 7.32. The first-order valence-electron chi connectivity index (χ1n) is 13.0. The van der Waals surface area contributed by atoms with Crippen LogP contribution >= 0.6 is 0 Å². The molecule has 0 atom stereocenters. The molecule has 2 fully saturated rings. The lowest BCUT2D eigenvalue weighted by atomic mass is 9.79. The van der Waals surface area contributed by atoms with Gasteiger partial charge in [0.1, 0.15) is 0 Å². The van der Waals surface area contributed by atoms with Crippen LogP contribution in [0.1, 0.15) is 101 Å². The van der Waals surface area contributed by atoms with Crippen LogP contribution in [0, 0.1) is 0 Å². The van der Waals surface area contributed by atoms with Crippen molar-refractivity contribution in [2.24, 2.45) is 0 Å². The van der Waals surface area contributed by atoms with E-state index in [1.54, 1.807) is 0 Å². The van der Waals surface area contributed by atoms with E-state index < -0.39 is 0 Å². The standard InChI is InChI=1S/C29H41N3O2/c1-28(2)18-25(19-29(3,4)32-28)31-27(34)23-16-12-21(13-17-23)20-10-14-22(15-11-20)26(33)30-24-8-6-5-7-9-24/h10-12,14-16,24-25,32H,5-9,13,17-19H2,1-4H3,(H,30,33)(H,31,34). The molecule has 2 aliphatic carbocycles. The number of carbonyl (C=O) groups excluding carboxylic acids is 2. The lowest BCUT2D eigenvalue weighted by Crippen LogP contribution is -2.62. The van der Waals surface area contributed by atoms with Crippen LogP contribution in [0.25, 0.3) is 5.57 Å². The van der Waals surface area contributed by atoms with Crippen LogP contribution in [0.15, 0.2) is 42.0 Å². The third-order valence-electron chi connectivity index (χ3n) is 7.42. The van der Waals surface area contributed by atoms with Crippen molar-refractivity contribution in [1.82, 2.24) is 16.0 Å². The quantitative estimate of drug-likeness (QED) is 0.557. The highest BCUT2D eigenvalue weighted by molar-refractivity contribution is 5.96. The number of piperidine rings is 1. The zero-order valence-corrected chi connectivity index (χ0v) is 21.3. The number of amides is 2. The maximum Gasteiger partial charge on any atom is 0.251 e. The fraction of sp³-hybridized carbons (Fsp3) is 0.586. The molecule has 0 radical (unpaired) electrons. The van der Waals surface area contributed by atoms with Crippen LogP contribution in [0.5, 0.6) is 0 Å². The number of rotatable bonds is 5. The van der Waals surface area contributed by atoms with Crippen molar-refractivity contribution in [2.45, 2.75) is 109 Å². The smallest absolute Gasteiger partial charge is 0.251 e. The number of benzene rings is 1. The molecular weight excluding hydrogens is 422 g/mol. The van der Waals surface area contributed by atoms with Gasteiger partial charge in [-0.3, -0.25) is 9.59 Å². The molecule has 4 rings (SSSR count). The number of allylic oxidation sites excluding steroid dienone is 3. The van der Waals surface area contributed by atoms with E-state index in [4.69, 9.17) is 0 Å². The molecule has 1 aromatic carbocycles. The molecule has 5 nitrogen and oxygen atoms in total. The van der Waals surface area contributed by atoms with Crippen LogP contribution in [0.2, 0.25) is 0 Å². The van der Waals surface area contributed by atoms with E-state index in [9.17, 15) is 9.59 Å².